The van der Waals surface area contributed by atoms with Crippen molar-refractivity contribution in [2.45, 2.75) is 44.9 Å². The maximum atomic E-state index is 13.0. The normalized spacial score (nSPS) is 20.7. The summed E-state index contributed by atoms with van der Waals surface area (Å²) in [6, 6.07) is 4.78. The molecular weight excluding hydrogens is 253 g/mol. The topological polar surface area (TPSA) is 29.3 Å². The predicted molar refractivity (Wildman–Crippen MR) is 70.0 cm³/mol. The van der Waals surface area contributed by atoms with Gasteiger partial charge in [0.05, 0.1) is 5.56 Å². The minimum absolute atomic E-state index is 0.0926. The van der Waals surface area contributed by atoms with Crippen molar-refractivity contribution in [1.82, 2.24) is 0 Å². The van der Waals surface area contributed by atoms with Gasteiger partial charge in [0.1, 0.15) is 0 Å². The highest BCUT2D eigenvalue weighted by molar-refractivity contribution is 5.53. The van der Waals surface area contributed by atoms with E-state index in [0.29, 0.717) is 11.7 Å². The van der Waals surface area contributed by atoms with Crippen molar-refractivity contribution in [1.29, 1.82) is 0 Å². The molecule has 0 amide bonds. The van der Waals surface area contributed by atoms with Crippen LogP contribution in [0.3, 0.4) is 0 Å². The predicted octanol–water partition coefficient (Wildman–Crippen LogP) is 3.54. The molecule has 0 saturated carbocycles. The molecule has 0 aromatic heterocycles. The van der Waals surface area contributed by atoms with Gasteiger partial charge in [-0.2, -0.15) is 13.2 Å². The van der Waals surface area contributed by atoms with E-state index in [1.54, 1.807) is 6.07 Å². The van der Waals surface area contributed by atoms with Crippen molar-refractivity contribution in [3.63, 3.8) is 0 Å². The van der Waals surface area contributed by atoms with Gasteiger partial charge in [-0.1, -0.05) is 6.07 Å². The largest absolute Gasteiger partial charge is 0.416 e. The van der Waals surface area contributed by atoms with Crippen LogP contribution < -0.4 is 10.6 Å². The van der Waals surface area contributed by atoms with Gasteiger partial charge in [0.2, 0.25) is 0 Å². The van der Waals surface area contributed by atoms with Crippen LogP contribution in [0.5, 0.6) is 0 Å². The molecule has 0 spiro atoms. The smallest absolute Gasteiger partial charge is 0.369 e. The third-order valence-electron chi connectivity index (χ3n) is 3.75. The number of halogens is 3. The van der Waals surface area contributed by atoms with Crippen LogP contribution >= 0.6 is 0 Å². The monoisotopic (exact) mass is 272 g/mol. The van der Waals surface area contributed by atoms with Gasteiger partial charge in [-0.25, -0.2) is 0 Å². The molecule has 1 heterocycles. The van der Waals surface area contributed by atoms with Gasteiger partial charge in [0.15, 0.2) is 0 Å². The quantitative estimate of drug-likeness (QED) is 0.892. The summed E-state index contributed by atoms with van der Waals surface area (Å²) >= 11 is 0. The first kappa shape index (κ1) is 14.2. The molecule has 1 aliphatic heterocycles. The standard InChI is InChI=1S/C14H19F3N2/c1-10-4-2-3-7-19(10)12-6-5-11(9-18)13(8-12)14(15,16)17/h5-6,8,10H,2-4,7,9,18H2,1H3. The van der Waals surface area contributed by atoms with Gasteiger partial charge in [-0.15, -0.1) is 0 Å². The molecule has 2 nitrogen and oxygen atoms in total. The van der Waals surface area contributed by atoms with Crippen LogP contribution in [-0.2, 0) is 12.7 Å². The Labute approximate surface area is 111 Å². The Bertz CT molecular complexity index is 443. The zero-order chi connectivity index (χ0) is 14.0. The summed E-state index contributed by atoms with van der Waals surface area (Å²) in [6.45, 7) is 2.79. The zero-order valence-corrected chi connectivity index (χ0v) is 11.0. The number of rotatable bonds is 2. The summed E-state index contributed by atoms with van der Waals surface area (Å²) in [5, 5.41) is 0. The fourth-order valence-corrected chi connectivity index (χ4v) is 2.67. The minimum atomic E-state index is -4.34. The van der Waals surface area contributed by atoms with Crippen LogP contribution in [0.4, 0.5) is 18.9 Å². The average Bonchev–Trinajstić information content (AvgIpc) is 2.37. The van der Waals surface area contributed by atoms with Crippen LogP contribution in [0.1, 0.15) is 37.3 Å². The molecule has 1 aliphatic rings. The number of piperidine rings is 1. The number of anilines is 1. The highest BCUT2D eigenvalue weighted by Crippen LogP contribution is 2.35. The van der Waals surface area contributed by atoms with E-state index >= 15 is 0 Å². The molecule has 0 aliphatic carbocycles. The molecule has 1 unspecified atom stereocenters. The fourth-order valence-electron chi connectivity index (χ4n) is 2.67. The lowest BCUT2D eigenvalue weighted by molar-refractivity contribution is -0.138. The van der Waals surface area contributed by atoms with E-state index in [9.17, 15) is 13.2 Å². The van der Waals surface area contributed by atoms with Crippen molar-refractivity contribution in [3.8, 4) is 0 Å². The molecule has 106 valence electrons. The number of alkyl halides is 3. The lowest BCUT2D eigenvalue weighted by Gasteiger charge is -2.36. The molecule has 2 rings (SSSR count). The maximum Gasteiger partial charge on any atom is 0.416 e. The average molecular weight is 272 g/mol. The molecule has 19 heavy (non-hydrogen) atoms. The molecule has 1 saturated heterocycles. The molecule has 1 atom stereocenters. The fraction of sp³-hybridized carbons (Fsp3) is 0.571. The molecule has 2 N–H and O–H groups in total. The van der Waals surface area contributed by atoms with Crippen molar-refractivity contribution in [2.24, 2.45) is 5.73 Å². The van der Waals surface area contributed by atoms with Gasteiger partial charge in [0.25, 0.3) is 0 Å². The molecule has 5 heteroatoms. The van der Waals surface area contributed by atoms with Gasteiger partial charge >= 0.3 is 6.18 Å². The zero-order valence-electron chi connectivity index (χ0n) is 11.0. The molecule has 1 aromatic carbocycles. The second-order valence-corrected chi connectivity index (χ2v) is 5.08. The van der Waals surface area contributed by atoms with Gasteiger partial charge in [-0.05, 0) is 43.9 Å². The van der Waals surface area contributed by atoms with Crippen LogP contribution in [0, 0.1) is 0 Å². The van der Waals surface area contributed by atoms with Crippen LogP contribution in [0.25, 0.3) is 0 Å². The molecule has 1 aromatic rings. The molecule has 0 radical (unpaired) electrons. The Morgan fingerprint density at radius 3 is 2.63 bits per heavy atom. The summed E-state index contributed by atoms with van der Waals surface area (Å²) in [5.74, 6) is 0. The van der Waals surface area contributed by atoms with E-state index in [-0.39, 0.29) is 12.1 Å². The summed E-state index contributed by atoms with van der Waals surface area (Å²) in [7, 11) is 0. The first-order chi connectivity index (χ1) is 8.93. The Hall–Kier alpha value is -1.23. The third-order valence-corrected chi connectivity index (χ3v) is 3.75. The number of hydrogen-bond acceptors (Lipinski definition) is 2. The lowest BCUT2D eigenvalue weighted by atomic mass is 10.0. The molecule has 1 fully saturated rings. The van der Waals surface area contributed by atoms with Gasteiger partial charge < -0.3 is 10.6 Å². The highest BCUT2D eigenvalue weighted by atomic mass is 19.4. The second-order valence-electron chi connectivity index (χ2n) is 5.08. The Balaban J connectivity index is 2.37. The number of nitrogens with two attached hydrogens (primary N) is 1. The van der Waals surface area contributed by atoms with Crippen molar-refractivity contribution >= 4 is 5.69 Å². The van der Waals surface area contributed by atoms with E-state index < -0.39 is 11.7 Å². The van der Waals surface area contributed by atoms with Crippen molar-refractivity contribution in [3.05, 3.63) is 29.3 Å². The van der Waals surface area contributed by atoms with Crippen LogP contribution in [-0.4, -0.2) is 12.6 Å². The van der Waals surface area contributed by atoms with E-state index in [2.05, 4.69) is 11.8 Å². The van der Waals surface area contributed by atoms with E-state index in [1.807, 2.05) is 0 Å². The lowest BCUT2D eigenvalue weighted by Crippen LogP contribution is -2.37. The summed E-state index contributed by atoms with van der Waals surface area (Å²) < 4.78 is 39.0. The van der Waals surface area contributed by atoms with E-state index in [1.165, 1.54) is 12.1 Å². The second kappa shape index (κ2) is 5.41. The summed E-state index contributed by atoms with van der Waals surface area (Å²) in [5.41, 5.74) is 5.59. The van der Waals surface area contributed by atoms with E-state index in [4.69, 9.17) is 5.73 Å². The van der Waals surface area contributed by atoms with Gasteiger partial charge in [-0.3, -0.25) is 0 Å². The minimum Gasteiger partial charge on any atom is -0.369 e. The number of hydrogen-bond donors (Lipinski definition) is 1. The Morgan fingerprint density at radius 1 is 1.32 bits per heavy atom. The summed E-state index contributed by atoms with van der Waals surface area (Å²) in [6.07, 6.45) is -1.14. The van der Waals surface area contributed by atoms with Crippen molar-refractivity contribution < 1.29 is 13.2 Å². The maximum absolute atomic E-state index is 13.0. The number of nitrogens with zero attached hydrogens (tertiary/aromatic N) is 1. The molecular formula is C14H19F3N2. The van der Waals surface area contributed by atoms with Crippen LogP contribution in [0.2, 0.25) is 0 Å². The SMILES string of the molecule is CC1CCCCN1c1ccc(CN)c(C(F)(F)F)c1. The van der Waals surface area contributed by atoms with Crippen molar-refractivity contribution in [2.75, 3.05) is 11.4 Å². The first-order valence-corrected chi connectivity index (χ1v) is 6.60. The van der Waals surface area contributed by atoms with Gasteiger partial charge in [0, 0.05) is 24.8 Å². The Morgan fingerprint density at radius 2 is 2.05 bits per heavy atom. The van der Waals surface area contributed by atoms with Crippen LogP contribution in [0.15, 0.2) is 18.2 Å². The highest BCUT2D eigenvalue weighted by Gasteiger charge is 2.34. The third kappa shape index (κ3) is 3.03. The number of benzene rings is 1. The first-order valence-electron chi connectivity index (χ1n) is 6.60. The molecule has 0 bridgehead atoms. The van der Waals surface area contributed by atoms with E-state index in [0.717, 1.165) is 25.8 Å². The summed E-state index contributed by atoms with van der Waals surface area (Å²) in [4.78, 5) is 2.05. The Kier molecular flexibility index (Phi) is 4.04.